The third-order valence-electron chi connectivity index (χ3n) is 2.83. The minimum Gasteiger partial charge on any atom is -0.453 e. The van der Waals surface area contributed by atoms with Crippen LogP contribution in [0.2, 0.25) is 5.02 Å². The summed E-state index contributed by atoms with van der Waals surface area (Å²) in [4.78, 5) is 0. The molecule has 1 unspecified atom stereocenters. The lowest BCUT2D eigenvalue weighted by atomic mass is 10.0. The fourth-order valence-electron chi connectivity index (χ4n) is 1.94. The molecule has 0 spiro atoms. The van der Waals surface area contributed by atoms with Crippen molar-refractivity contribution in [1.82, 2.24) is 5.32 Å². The SMILES string of the molecule is CCNC(Cc1ccc(F)cc1Cl)c1ccc(Br)o1. The van der Waals surface area contributed by atoms with Gasteiger partial charge in [0, 0.05) is 5.02 Å². The summed E-state index contributed by atoms with van der Waals surface area (Å²) < 4.78 is 19.3. The maximum Gasteiger partial charge on any atom is 0.169 e. The second-order valence-electron chi connectivity index (χ2n) is 4.19. The molecule has 2 aromatic rings. The zero-order valence-electron chi connectivity index (χ0n) is 10.4. The largest absolute Gasteiger partial charge is 0.453 e. The molecule has 0 radical (unpaired) electrons. The molecule has 0 saturated heterocycles. The van der Waals surface area contributed by atoms with Crippen molar-refractivity contribution in [1.29, 1.82) is 0 Å². The fourth-order valence-corrected chi connectivity index (χ4v) is 2.51. The predicted molar refractivity (Wildman–Crippen MR) is 77.9 cm³/mol. The van der Waals surface area contributed by atoms with Gasteiger partial charge in [-0.05, 0) is 58.7 Å². The standard InChI is InChI=1S/C14H14BrClFNO/c1-2-18-12(13-5-6-14(15)19-13)7-9-3-4-10(17)8-11(9)16/h3-6,8,12,18H,2,7H2,1H3. The highest BCUT2D eigenvalue weighted by atomic mass is 79.9. The van der Waals surface area contributed by atoms with Crippen LogP contribution >= 0.6 is 27.5 Å². The van der Waals surface area contributed by atoms with Gasteiger partial charge in [-0.25, -0.2) is 4.39 Å². The Kier molecular flexibility index (Phi) is 5.02. The molecule has 19 heavy (non-hydrogen) atoms. The summed E-state index contributed by atoms with van der Waals surface area (Å²) in [7, 11) is 0. The summed E-state index contributed by atoms with van der Waals surface area (Å²) in [5, 5.41) is 3.77. The molecule has 0 aliphatic heterocycles. The number of halogens is 3. The summed E-state index contributed by atoms with van der Waals surface area (Å²) in [6.07, 6.45) is 0.646. The molecule has 102 valence electrons. The number of hydrogen-bond acceptors (Lipinski definition) is 2. The molecule has 1 aromatic carbocycles. The van der Waals surface area contributed by atoms with Crippen molar-refractivity contribution in [3.8, 4) is 0 Å². The number of benzene rings is 1. The van der Waals surface area contributed by atoms with E-state index in [1.165, 1.54) is 12.1 Å². The van der Waals surface area contributed by atoms with Crippen LogP contribution in [0.25, 0.3) is 0 Å². The van der Waals surface area contributed by atoms with Crippen molar-refractivity contribution in [3.63, 3.8) is 0 Å². The third kappa shape index (κ3) is 3.81. The summed E-state index contributed by atoms with van der Waals surface area (Å²) in [5.41, 5.74) is 0.890. The molecule has 1 N–H and O–H groups in total. The highest BCUT2D eigenvalue weighted by molar-refractivity contribution is 9.10. The minimum atomic E-state index is -0.325. The van der Waals surface area contributed by atoms with E-state index in [0.29, 0.717) is 16.1 Å². The zero-order chi connectivity index (χ0) is 13.8. The molecule has 2 nitrogen and oxygen atoms in total. The van der Waals surface area contributed by atoms with E-state index in [0.717, 1.165) is 17.9 Å². The number of likely N-dealkylation sites (N-methyl/N-ethyl adjacent to an activating group) is 1. The first-order valence-electron chi connectivity index (χ1n) is 6.02. The van der Waals surface area contributed by atoms with E-state index in [1.54, 1.807) is 6.07 Å². The van der Waals surface area contributed by atoms with Crippen molar-refractivity contribution in [2.45, 2.75) is 19.4 Å². The van der Waals surface area contributed by atoms with Gasteiger partial charge in [0.1, 0.15) is 11.6 Å². The van der Waals surface area contributed by atoms with E-state index < -0.39 is 0 Å². The van der Waals surface area contributed by atoms with Crippen LogP contribution in [0.3, 0.4) is 0 Å². The van der Waals surface area contributed by atoms with Gasteiger partial charge < -0.3 is 9.73 Å². The van der Waals surface area contributed by atoms with Crippen molar-refractivity contribution < 1.29 is 8.81 Å². The smallest absolute Gasteiger partial charge is 0.169 e. The number of nitrogens with one attached hydrogen (secondary N) is 1. The first-order valence-corrected chi connectivity index (χ1v) is 7.19. The summed E-state index contributed by atoms with van der Waals surface area (Å²) in [5.74, 6) is 0.503. The van der Waals surface area contributed by atoms with Gasteiger partial charge in [0.2, 0.25) is 0 Å². The van der Waals surface area contributed by atoms with Crippen LogP contribution in [0.15, 0.2) is 39.4 Å². The fraction of sp³-hybridized carbons (Fsp3) is 0.286. The molecule has 1 aromatic heterocycles. The first kappa shape index (κ1) is 14.6. The molecule has 0 fully saturated rings. The van der Waals surface area contributed by atoms with Gasteiger partial charge >= 0.3 is 0 Å². The molecule has 0 aliphatic rings. The zero-order valence-corrected chi connectivity index (χ0v) is 12.8. The van der Waals surface area contributed by atoms with Crippen LogP contribution in [-0.2, 0) is 6.42 Å². The Balaban J connectivity index is 2.21. The van der Waals surface area contributed by atoms with Gasteiger partial charge in [-0.3, -0.25) is 0 Å². The van der Waals surface area contributed by atoms with Crippen LogP contribution in [0.4, 0.5) is 4.39 Å². The summed E-state index contributed by atoms with van der Waals surface area (Å²) >= 11 is 9.35. The second kappa shape index (κ2) is 6.55. The molecule has 0 aliphatic carbocycles. The Bertz CT molecular complexity index is 558. The van der Waals surface area contributed by atoms with Crippen LogP contribution in [-0.4, -0.2) is 6.54 Å². The number of hydrogen-bond donors (Lipinski definition) is 1. The summed E-state index contributed by atoms with van der Waals surface area (Å²) in [6.45, 7) is 2.83. The Hall–Kier alpha value is -0.840. The lowest BCUT2D eigenvalue weighted by Gasteiger charge is -2.16. The number of rotatable bonds is 5. The lowest BCUT2D eigenvalue weighted by Crippen LogP contribution is -2.22. The van der Waals surface area contributed by atoms with Gasteiger partial charge in [0.05, 0.1) is 6.04 Å². The van der Waals surface area contributed by atoms with E-state index in [-0.39, 0.29) is 11.9 Å². The third-order valence-corrected chi connectivity index (χ3v) is 3.61. The van der Waals surface area contributed by atoms with Gasteiger partial charge in [0.15, 0.2) is 4.67 Å². The highest BCUT2D eigenvalue weighted by Gasteiger charge is 2.16. The maximum atomic E-state index is 13.0. The molecule has 0 saturated carbocycles. The van der Waals surface area contributed by atoms with E-state index in [4.69, 9.17) is 16.0 Å². The van der Waals surface area contributed by atoms with Gasteiger partial charge in [-0.1, -0.05) is 24.6 Å². The Labute approximate surface area is 125 Å². The normalized spacial score (nSPS) is 12.6. The molecular weight excluding hydrogens is 333 g/mol. The van der Waals surface area contributed by atoms with Crippen LogP contribution in [0, 0.1) is 5.82 Å². The monoisotopic (exact) mass is 345 g/mol. The average molecular weight is 347 g/mol. The topological polar surface area (TPSA) is 25.2 Å². The first-order chi connectivity index (χ1) is 9.10. The van der Waals surface area contributed by atoms with Crippen molar-refractivity contribution in [2.24, 2.45) is 0 Å². The molecule has 1 atom stereocenters. The summed E-state index contributed by atoms with van der Waals surface area (Å²) in [6, 6.07) is 8.24. The van der Waals surface area contributed by atoms with Crippen molar-refractivity contribution in [3.05, 3.63) is 57.2 Å². The van der Waals surface area contributed by atoms with Crippen molar-refractivity contribution >= 4 is 27.5 Å². The van der Waals surface area contributed by atoms with Crippen molar-refractivity contribution in [2.75, 3.05) is 6.54 Å². The average Bonchev–Trinajstić information content (AvgIpc) is 2.78. The van der Waals surface area contributed by atoms with Crippen LogP contribution < -0.4 is 5.32 Å². The molecule has 0 amide bonds. The Morgan fingerprint density at radius 1 is 1.37 bits per heavy atom. The minimum absolute atomic E-state index is 0.0132. The highest BCUT2D eigenvalue weighted by Crippen LogP contribution is 2.26. The van der Waals surface area contributed by atoms with E-state index >= 15 is 0 Å². The second-order valence-corrected chi connectivity index (χ2v) is 5.38. The number of furan rings is 1. The molecule has 1 heterocycles. The van der Waals surface area contributed by atoms with Crippen LogP contribution in [0.1, 0.15) is 24.3 Å². The van der Waals surface area contributed by atoms with E-state index in [1.807, 2.05) is 19.1 Å². The van der Waals surface area contributed by atoms with Gasteiger partial charge in [-0.15, -0.1) is 0 Å². The Morgan fingerprint density at radius 2 is 2.16 bits per heavy atom. The quantitative estimate of drug-likeness (QED) is 0.847. The molecule has 5 heteroatoms. The lowest BCUT2D eigenvalue weighted by molar-refractivity contribution is 0.405. The molecule has 0 bridgehead atoms. The Morgan fingerprint density at radius 3 is 2.74 bits per heavy atom. The van der Waals surface area contributed by atoms with Crippen LogP contribution in [0.5, 0.6) is 0 Å². The van der Waals surface area contributed by atoms with E-state index in [9.17, 15) is 4.39 Å². The predicted octanol–water partition coefficient (Wildman–Crippen LogP) is 4.73. The van der Waals surface area contributed by atoms with Gasteiger partial charge in [-0.2, -0.15) is 0 Å². The maximum absolute atomic E-state index is 13.0. The molecular formula is C14H14BrClFNO. The van der Waals surface area contributed by atoms with Gasteiger partial charge in [0.25, 0.3) is 0 Å². The van der Waals surface area contributed by atoms with E-state index in [2.05, 4.69) is 21.2 Å². The molecule has 2 rings (SSSR count).